The van der Waals surface area contributed by atoms with Gasteiger partial charge in [0.15, 0.2) is 0 Å². The van der Waals surface area contributed by atoms with Crippen LogP contribution in [0.5, 0.6) is 0 Å². The molecule has 0 unspecified atom stereocenters. The molecule has 2 aromatic rings. The van der Waals surface area contributed by atoms with Crippen LogP contribution in [0.3, 0.4) is 0 Å². The van der Waals surface area contributed by atoms with E-state index in [0.29, 0.717) is 24.4 Å². The molecule has 1 aliphatic rings. The molecule has 0 radical (unpaired) electrons. The molecule has 27 heavy (non-hydrogen) atoms. The fourth-order valence-electron chi connectivity index (χ4n) is 2.98. The highest BCUT2D eigenvalue weighted by atomic mass is 35.5. The van der Waals surface area contributed by atoms with E-state index in [4.69, 9.17) is 11.6 Å². The molecule has 1 N–H and O–H groups in total. The van der Waals surface area contributed by atoms with E-state index in [9.17, 15) is 13.2 Å². The lowest BCUT2D eigenvalue weighted by Gasteiger charge is -2.30. The molecule has 3 rings (SSSR count). The zero-order valence-electron chi connectivity index (χ0n) is 14.9. The number of amides is 1. The molecule has 1 atom stereocenters. The summed E-state index contributed by atoms with van der Waals surface area (Å²) in [7, 11) is -3.28. The normalized spacial score (nSPS) is 18.2. The van der Waals surface area contributed by atoms with Gasteiger partial charge in [0, 0.05) is 27.9 Å². The number of carbonyl (C=O) groups is 1. The lowest BCUT2D eigenvalue weighted by Crippen LogP contribution is -2.43. The van der Waals surface area contributed by atoms with Gasteiger partial charge in [-0.3, -0.25) is 4.79 Å². The standard InChI is InChI=1S/C19H21ClN2O3S2/c1-27(24,25)22-12-4-5-14(13-22)19(23)21-17-6-2-3-7-18(17)26-16-10-8-15(20)9-11-16/h2-3,6-11,14H,4-5,12-13H2,1H3,(H,21,23)/t14-/m0/s1. The van der Waals surface area contributed by atoms with Gasteiger partial charge in [0.2, 0.25) is 15.9 Å². The van der Waals surface area contributed by atoms with Gasteiger partial charge in [0.1, 0.15) is 0 Å². The number of hydrogen-bond donors (Lipinski definition) is 1. The number of piperidine rings is 1. The number of nitrogens with zero attached hydrogens (tertiary/aromatic N) is 1. The Labute approximate surface area is 169 Å². The largest absolute Gasteiger partial charge is 0.325 e. The number of hydrogen-bond acceptors (Lipinski definition) is 4. The third kappa shape index (κ3) is 5.48. The summed E-state index contributed by atoms with van der Waals surface area (Å²) >= 11 is 7.47. The maximum atomic E-state index is 12.7. The molecule has 0 spiro atoms. The number of carbonyl (C=O) groups excluding carboxylic acids is 1. The molecule has 8 heteroatoms. The monoisotopic (exact) mass is 424 g/mol. The number of sulfonamides is 1. The first-order valence-electron chi connectivity index (χ1n) is 8.61. The predicted molar refractivity (Wildman–Crippen MR) is 110 cm³/mol. The van der Waals surface area contributed by atoms with Crippen molar-refractivity contribution in [1.29, 1.82) is 0 Å². The number of benzene rings is 2. The maximum absolute atomic E-state index is 12.7. The summed E-state index contributed by atoms with van der Waals surface area (Å²) in [6.45, 7) is 0.711. The van der Waals surface area contributed by atoms with Crippen LogP contribution in [0.2, 0.25) is 5.02 Å². The molecule has 144 valence electrons. The number of rotatable bonds is 5. The zero-order chi connectivity index (χ0) is 19.4. The van der Waals surface area contributed by atoms with Gasteiger partial charge in [-0.1, -0.05) is 35.5 Å². The molecule has 0 bridgehead atoms. The number of nitrogens with one attached hydrogen (secondary N) is 1. The molecule has 1 amide bonds. The van der Waals surface area contributed by atoms with Gasteiger partial charge in [-0.05, 0) is 49.2 Å². The summed E-state index contributed by atoms with van der Waals surface area (Å²) < 4.78 is 24.9. The molecule has 5 nitrogen and oxygen atoms in total. The van der Waals surface area contributed by atoms with Crippen molar-refractivity contribution in [2.45, 2.75) is 22.6 Å². The van der Waals surface area contributed by atoms with E-state index >= 15 is 0 Å². The van der Waals surface area contributed by atoms with Crippen molar-refractivity contribution in [3.63, 3.8) is 0 Å². The Kier molecular flexibility index (Phi) is 6.47. The average Bonchev–Trinajstić information content (AvgIpc) is 2.64. The molecule has 1 heterocycles. The van der Waals surface area contributed by atoms with Crippen LogP contribution in [0.1, 0.15) is 12.8 Å². The molecule has 0 aliphatic carbocycles. The van der Waals surface area contributed by atoms with Gasteiger partial charge in [-0.15, -0.1) is 0 Å². The summed E-state index contributed by atoms with van der Waals surface area (Å²) in [5.41, 5.74) is 0.721. The molecular weight excluding hydrogens is 404 g/mol. The van der Waals surface area contributed by atoms with E-state index in [1.54, 1.807) is 0 Å². The first kappa shape index (κ1) is 20.2. The second kappa shape index (κ2) is 8.65. The summed E-state index contributed by atoms with van der Waals surface area (Å²) in [6, 6.07) is 15.1. The minimum atomic E-state index is -3.28. The van der Waals surface area contributed by atoms with E-state index in [-0.39, 0.29) is 18.4 Å². The molecular formula is C19H21ClN2O3S2. The highest BCUT2D eigenvalue weighted by Gasteiger charge is 2.30. The predicted octanol–water partition coefficient (Wildman–Crippen LogP) is 4.10. The van der Waals surface area contributed by atoms with Crippen molar-refractivity contribution in [2.75, 3.05) is 24.7 Å². The second-order valence-electron chi connectivity index (χ2n) is 6.50. The van der Waals surface area contributed by atoms with Gasteiger partial charge in [-0.25, -0.2) is 12.7 Å². The number of halogens is 1. The second-order valence-corrected chi connectivity index (χ2v) is 10.0. The third-order valence-corrected chi connectivity index (χ3v) is 7.02. The van der Waals surface area contributed by atoms with Crippen LogP contribution < -0.4 is 5.32 Å². The highest BCUT2D eigenvalue weighted by Crippen LogP contribution is 2.34. The Hall–Kier alpha value is -1.54. The quantitative estimate of drug-likeness (QED) is 0.784. The molecule has 0 aromatic heterocycles. The van der Waals surface area contributed by atoms with Crippen molar-refractivity contribution < 1.29 is 13.2 Å². The molecule has 1 saturated heterocycles. The first-order chi connectivity index (χ1) is 12.8. The van der Waals surface area contributed by atoms with Gasteiger partial charge in [0.05, 0.1) is 17.9 Å². The Morgan fingerprint density at radius 3 is 2.59 bits per heavy atom. The number of para-hydroxylation sites is 1. The van der Waals surface area contributed by atoms with Gasteiger partial charge >= 0.3 is 0 Å². The van der Waals surface area contributed by atoms with Crippen LogP contribution in [0.4, 0.5) is 5.69 Å². The van der Waals surface area contributed by atoms with Crippen LogP contribution in [-0.2, 0) is 14.8 Å². The molecule has 2 aromatic carbocycles. The van der Waals surface area contributed by atoms with Crippen molar-refractivity contribution in [2.24, 2.45) is 5.92 Å². The summed E-state index contributed by atoms with van der Waals surface area (Å²) in [5, 5.41) is 3.65. The van der Waals surface area contributed by atoms with Crippen LogP contribution in [0.15, 0.2) is 58.3 Å². The zero-order valence-corrected chi connectivity index (χ0v) is 17.3. The average molecular weight is 425 g/mol. The van der Waals surface area contributed by atoms with Gasteiger partial charge in [0.25, 0.3) is 0 Å². The van der Waals surface area contributed by atoms with Crippen molar-refractivity contribution in [3.8, 4) is 0 Å². The van der Waals surface area contributed by atoms with Crippen molar-refractivity contribution in [3.05, 3.63) is 53.6 Å². The summed E-state index contributed by atoms with van der Waals surface area (Å²) in [5.74, 6) is -0.491. The SMILES string of the molecule is CS(=O)(=O)N1CCC[C@H](C(=O)Nc2ccccc2Sc2ccc(Cl)cc2)C1. The van der Waals surface area contributed by atoms with Crippen LogP contribution in [-0.4, -0.2) is 38.0 Å². The minimum Gasteiger partial charge on any atom is -0.325 e. The van der Waals surface area contributed by atoms with Gasteiger partial charge in [-0.2, -0.15) is 0 Å². The van der Waals surface area contributed by atoms with Crippen LogP contribution in [0, 0.1) is 5.92 Å². The Morgan fingerprint density at radius 1 is 1.19 bits per heavy atom. The van der Waals surface area contributed by atoms with E-state index in [2.05, 4.69) is 5.32 Å². The first-order valence-corrected chi connectivity index (χ1v) is 11.7. The van der Waals surface area contributed by atoms with E-state index in [0.717, 1.165) is 15.5 Å². The molecule has 1 fully saturated rings. The fourth-order valence-corrected chi connectivity index (χ4v) is 4.92. The summed E-state index contributed by atoms with van der Waals surface area (Å²) in [6.07, 6.45) is 2.56. The minimum absolute atomic E-state index is 0.146. The van der Waals surface area contributed by atoms with E-state index in [1.807, 2.05) is 48.5 Å². The molecule has 0 saturated carbocycles. The fraction of sp³-hybridized carbons (Fsp3) is 0.316. The molecule has 1 aliphatic heterocycles. The topological polar surface area (TPSA) is 66.5 Å². The Morgan fingerprint density at radius 2 is 1.89 bits per heavy atom. The maximum Gasteiger partial charge on any atom is 0.228 e. The van der Waals surface area contributed by atoms with Crippen molar-refractivity contribution >= 4 is 45.0 Å². The Bertz CT molecular complexity index is 917. The van der Waals surface area contributed by atoms with Crippen molar-refractivity contribution in [1.82, 2.24) is 4.31 Å². The lowest BCUT2D eigenvalue weighted by atomic mass is 9.99. The van der Waals surface area contributed by atoms with Crippen LogP contribution in [0.25, 0.3) is 0 Å². The highest BCUT2D eigenvalue weighted by molar-refractivity contribution is 7.99. The smallest absolute Gasteiger partial charge is 0.228 e. The van der Waals surface area contributed by atoms with E-state index < -0.39 is 10.0 Å². The summed E-state index contributed by atoms with van der Waals surface area (Å²) in [4.78, 5) is 14.7. The van der Waals surface area contributed by atoms with Gasteiger partial charge < -0.3 is 5.32 Å². The third-order valence-electron chi connectivity index (χ3n) is 4.41. The van der Waals surface area contributed by atoms with Crippen LogP contribution >= 0.6 is 23.4 Å². The number of anilines is 1. The Balaban J connectivity index is 1.72. The lowest BCUT2D eigenvalue weighted by molar-refractivity contribution is -0.120. The van der Waals surface area contributed by atoms with E-state index in [1.165, 1.54) is 22.3 Å².